The normalized spacial score (nSPS) is 34.2. The first-order valence-corrected chi connectivity index (χ1v) is 8.48. The fourth-order valence-electron chi connectivity index (χ4n) is 5.07. The van der Waals surface area contributed by atoms with Crippen LogP contribution in [0, 0.1) is 11.3 Å². The highest BCUT2D eigenvalue weighted by atomic mass is 16.3. The molecule has 0 radical (unpaired) electrons. The Hall–Kier alpha value is -0.820. The number of benzene rings is 1. The highest BCUT2D eigenvalue weighted by molar-refractivity contribution is 5.28. The smallest absolute Gasteiger partial charge is 0.0682 e. The summed E-state index contributed by atoms with van der Waals surface area (Å²) in [5.41, 5.74) is 1.71. The Morgan fingerprint density at radius 2 is 1.50 bits per heavy atom. The first-order chi connectivity index (χ1) is 9.71. The van der Waals surface area contributed by atoms with Gasteiger partial charge in [-0.3, -0.25) is 0 Å². The largest absolute Gasteiger partial charge is 0.390 e. The number of aliphatic hydroxyl groups is 1. The molecular weight excluding hydrogens is 244 g/mol. The van der Waals surface area contributed by atoms with Gasteiger partial charge in [-0.2, -0.15) is 0 Å². The SMILES string of the molecule is OC1(C2CC2c2ccccc2)CCC2(CCCC2)CC1. The van der Waals surface area contributed by atoms with Crippen molar-refractivity contribution < 1.29 is 5.11 Å². The van der Waals surface area contributed by atoms with E-state index in [-0.39, 0.29) is 5.60 Å². The third-order valence-electron chi connectivity index (χ3n) is 6.55. The van der Waals surface area contributed by atoms with Gasteiger partial charge in [0.1, 0.15) is 0 Å². The predicted molar refractivity (Wildman–Crippen MR) is 81.6 cm³/mol. The molecule has 3 aliphatic rings. The zero-order valence-electron chi connectivity index (χ0n) is 12.4. The summed E-state index contributed by atoms with van der Waals surface area (Å²) in [6, 6.07) is 10.8. The van der Waals surface area contributed by atoms with E-state index in [1.807, 2.05) is 0 Å². The summed E-state index contributed by atoms with van der Waals surface area (Å²) in [6.45, 7) is 0. The molecule has 1 N–H and O–H groups in total. The average Bonchev–Trinajstić information content (AvgIpc) is 3.19. The van der Waals surface area contributed by atoms with E-state index >= 15 is 0 Å². The maximum Gasteiger partial charge on any atom is 0.0682 e. The fourth-order valence-corrected chi connectivity index (χ4v) is 5.07. The Morgan fingerprint density at radius 1 is 0.850 bits per heavy atom. The summed E-state index contributed by atoms with van der Waals surface area (Å²) in [6.07, 6.45) is 11.6. The van der Waals surface area contributed by atoms with Crippen LogP contribution in [0.5, 0.6) is 0 Å². The van der Waals surface area contributed by atoms with Gasteiger partial charge in [-0.05, 0) is 67.8 Å². The van der Waals surface area contributed by atoms with Crippen LogP contribution in [-0.4, -0.2) is 10.7 Å². The van der Waals surface area contributed by atoms with Crippen LogP contribution in [0.3, 0.4) is 0 Å². The molecule has 0 bridgehead atoms. The summed E-state index contributed by atoms with van der Waals surface area (Å²) in [7, 11) is 0. The van der Waals surface area contributed by atoms with Crippen molar-refractivity contribution in [3.8, 4) is 0 Å². The zero-order valence-corrected chi connectivity index (χ0v) is 12.4. The van der Waals surface area contributed by atoms with Gasteiger partial charge in [0, 0.05) is 0 Å². The molecular formula is C19H26O. The van der Waals surface area contributed by atoms with Crippen LogP contribution in [0.4, 0.5) is 0 Å². The lowest BCUT2D eigenvalue weighted by Gasteiger charge is -2.42. The maximum atomic E-state index is 11.1. The molecule has 4 rings (SSSR count). The molecule has 2 unspecified atom stereocenters. The Kier molecular flexibility index (Phi) is 2.96. The maximum absolute atomic E-state index is 11.1. The van der Waals surface area contributed by atoms with Crippen molar-refractivity contribution >= 4 is 0 Å². The van der Waals surface area contributed by atoms with E-state index in [1.54, 1.807) is 0 Å². The predicted octanol–water partition coefficient (Wildman–Crippen LogP) is 4.66. The second-order valence-corrected chi connectivity index (χ2v) is 7.67. The molecule has 20 heavy (non-hydrogen) atoms. The summed E-state index contributed by atoms with van der Waals surface area (Å²) < 4.78 is 0. The standard InChI is InChI=1S/C19H26O/c20-19(12-10-18(11-13-19)8-4-5-9-18)17-14-16(17)15-6-2-1-3-7-15/h1-3,6-7,16-17,20H,4-5,8-14H2. The molecule has 3 aliphatic carbocycles. The Morgan fingerprint density at radius 3 is 2.15 bits per heavy atom. The van der Waals surface area contributed by atoms with Gasteiger partial charge in [-0.25, -0.2) is 0 Å². The molecule has 1 aromatic carbocycles. The van der Waals surface area contributed by atoms with Gasteiger partial charge in [0.05, 0.1) is 5.60 Å². The summed E-state index contributed by atoms with van der Waals surface area (Å²) in [4.78, 5) is 0. The lowest BCUT2D eigenvalue weighted by molar-refractivity contribution is -0.0511. The van der Waals surface area contributed by atoms with Crippen molar-refractivity contribution in [2.75, 3.05) is 0 Å². The van der Waals surface area contributed by atoms with E-state index in [4.69, 9.17) is 0 Å². The van der Waals surface area contributed by atoms with Crippen LogP contribution in [0.1, 0.15) is 69.3 Å². The summed E-state index contributed by atoms with van der Waals surface area (Å²) in [5, 5.41) is 11.1. The lowest BCUT2D eigenvalue weighted by atomic mass is 9.66. The van der Waals surface area contributed by atoms with Crippen molar-refractivity contribution in [1.29, 1.82) is 0 Å². The van der Waals surface area contributed by atoms with Crippen molar-refractivity contribution in [3.63, 3.8) is 0 Å². The van der Waals surface area contributed by atoms with Crippen molar-refractivity contribution in [3.05, 3.63) is 35.9 Å². The van der Waals surface area contributed by atoms with Gasteiger partial charge in [-0.1, -0.05) is 43.2 Å². The molecule has 0 aliphatic heterocycles. The first-order valence-electron chi connectivity index (χ1n) is 8.48. The Bertz CT molecular complexity index is 462. The van der Waals surface area contributed by atoms with Crippen LogP contribution >= 0.6 is 0 Å². The molecule has 2 atom stereocenters. The molecule has 1 nitrogen and oxygen atoms in total. The van der Waals surface area contributed by atoms with E-state index in [9.17, 15) is 5.11 Å². The number of hydrogen-bond acceptors (Lipinski definition) is 1. The van der Waals surface area contributed by atoms with E-state index in [1.165, 1.54) is 50.5 Å². The number of rotatable bonds is 2. The summed E-state index contributed by atoms with van der Waals surface area (Å²) >= 11 is 0. The molecule has 1 heteroatoms. The topological polar surface area (TPSA) is 20.2 Å². The van der Waals surface area contributed by atoms with E-state index < -0.39 is 0 Å². The van der Waals surface area contributed by atoms with Crippen LogP contribution < -0.4 is 0 Å². The van der Waals surface area contributed by atoms with Crippen molar-refractivity contribution in [2.45, 2.75) is 69.3 Å². The van der Waals surface area contributed by atoms with Gasteiger partial charge in [0.15, 0.2) is 0 Å². The van der Waals surface area contributed by atoms with Gasteiger partial charge in [0.25, 0.3) is 0 Å². The lowest BCUT2D eigenvalue weighted by Crippen LogP contribution is -2.40. The van der Waals surface area contributed by atoms with Crippen LogP contribution in [-0.2, 0) is 0 Å². The Labute approximate surface area is 122 Å². The monoisotopic (exact) mass is 270 g/mol. The van der Waals surface area contributed by atoms with E-state index in [2.05, 4.69) is 30.3 Å². The molecule has 108 valence electrons. The van der Waals surface area contributed by atoms with Crippen molar-refractivity contribution in [1.82, 2.24) is 0 Å². The summed E-state index contributed by atoms with van der Waals surface area (Å²) in [5.74, 6) is 1.16. The molecule has 1 spiro atoms. The molecule has 0 aromatic heterocycles. The molecule has 0 amide bonds. The second-order valence-electron chi connectivity index (χ2n) is 7.67. The van der Waals surface area contributed by atoms with Crippen LogP contribution in [0.15, 0.2) is 30.3 Å². The van der Waals surface area contributed by atoms with E-state index in [0.29, 0.717) is 17.3 Å². The second kappa shape index (κ2) is 4.59. The van der Waals surface area contributed by atoms with Crippen molar-refractivity contribution in [2.24, 2.45) is 11.3 Å². The minimum atomic E-state index is -0.353. The highest BCUT2D eigenvalue weighted by Crippen LogP contribution is 2.61. The van der Waals surface area contributed by atoms with Crippen LogP contribution in [0.2, 0.25) is 0 Å². The molecule has 1 aromatic rings. The first kappa shape index (κ1) is 12.9. The molecule has 3 fully saturated rings. The highest BCUT2D eigenvalue weighted by Gasteiger charge is 2.55. The Balaban J connectivity index is 1.43. The molecule has 0 saturated heterocycles. The van der Waals surface area contributed by atoms with Gasteiger partial charge in [0.2, 0.25) is 0 Å². The van der Waals surface area contributed by atoms with Gasteiger partial charge in [-0.15, -0.1) is 0 Å². The third kappa shape index (κ3) is 2.11. The minimum absolute atomic E-state index is 0.353. The van der Waals surface area contributed by atoms with Crippen LogP contribution in [0.25, 0.3) is 0 Å². The molecule has 0 heterocycles. The average molecular weight is 270 g/mol. The van der Waals surface area contributed by atoms with Gasteiger partial charge < -0.3 is 5.11 Å². The van der Waals surface area contributed by atoms with Gasteiger partial charge >= 0.3 is 0 Å². The quantitative estimate of drug-likeness (QED) is 0.829. The van der Waals surface area contributed by atoms with E-state index in [0.717, 1.165) is 12.8 Å². The zero-order chi connectivity index (χ0) is 13.6. The molecule has 3 saturated carbocycles. The third-order valence-corrected chi connectivity index (χ3v) is 6.55. The number of hydrogen-bond donors (Lipinski definition) is 1. The minimum Gasteiger partial charge on any atom is -0.390 e. The fraction of sp³-hybridized carbons (Fsp3) is 0.684.